The van der Waals surface area contributed by atoms with Crippen molar-refractivity contribution in [2.45, 2.75) is 128 Å². The summed E-state index contributed by atoms with van der Waals surface area (Å²) in [4.78, 5) is 0. The third-order valence-corrected chi connectivity index (χ3v) is 13.5. The van der Waals surface area contributed by atoms with Crippen molar-refractivity contribution in [2.24, 2.45) is 52.3 Å². The van der Waals surface area contributed by atoms with E-state index in [0.717, 1.165) is 12.8 Å². The summed E-state index contributed by atoms with van der Waals surface area (Å²) in [6, 6.07) is 0. The molecule has 5 rings (SSSR count). The Balaban J connectivity index is 1.31. The Morgan fingerprint density at radius 3 is 2.24 bits per heavy atom. The highest BCUT2D eigenvalue weighted by Crippen LogP contribution is 2.69. The van der Waals surface area contributed by atoms with Gasteiger partial charge in [0.2, 0.25) is 0 Å². The zero-order chi connectivity index (χ0) is 34.0. The van der Waals surface area contributed by atoms with Gasteiger partial charge in [-0.25, -0.2) is 4.18 Å². The van der Waals surface area contributed by atoms with Gasteiger partial charge in [-0.1, -0.05) is 46.8 Å². The number of rotatable bonds is 9. The van der Waals surface area contributed by atoms with E-state index in [-0.39, 0.29) is 61.2 Å². The number of ether oxygens (including phenoxy) is 2. The predicted molar refractivity (Wildman–Crippen MR) is 166 cm³/mol. The van der Waals surface area contributed by atoms with E-state index in [0.29, 0.717) is 25.7 Å². The van der Waals surface area contributed by atoms with Crippen LogP contribution in [-0.2, 0) is 24.1 Å². The normalized spacial score (nSPS) is 49.4. The number of allylic oxidation sites excluding steroid dienone is 1. The molecule has 0 amide bonds. The molecule has 4 saturated carbocycles. The van der Waals surface area contributed by atoms with E-state index in [4.69, 9.17) is 14.0 Å². The van der Waals surface area contributed by atoms with Crippen LogP contribution in [0.1, 0.15) is 79.6 Å². The number of hydrogen-bond acceptors (Lipinski definition) is 11. The lowest BCUT2D eigenvalue weighted by Gasteiger charge is -2.66. The molecule has 5 fully saturated rings. The summed E-state index contributed by atoms with van der Waals surface area (Å²) in [5, 5.41) is 66.2. The molecule has 0 unspecified atom stereocenters. The SMILES string of the molecule is CC(C)[C@@H](/C=C/[C@@H](C)[C@H]1C[C@H](O)[C@@H]2[C@]1(C)CC[C@@H]1[C@@]3(C)CC[C@H](O[C@@H]4OC[C@@H](O)[C@H](O)[C@H]4O)C[C@@H]3[C@H](O)C[C@]12O)COS(=O)(=O)O. The molecule has 0 aromatic heterocycles. The fourth-order valence-electron chi connectivity index (χ4n) is 10.6. The molecule has 1 aliphatic heterocycles. The van der Waals surface area contributed by atoms with Gasteiger partial charge in [-0.3, -0.25) is 4.55 Å². The molecule has 266 valence electrons. The molecule has 16 atom stereocenters. The molecule has 1 saturated heterocycles. The maximum atomic E-state index is 12.7. The molecule has 5 aliphatic rings. The number of aliphatic hydroxyl groups excluding tert-OH is 5. The Hall–Kier alpha value is -0.710. The fourth-order valence-corrected chi connectivity index (χ4v) is 11.0. The average molecular weight is 677 g/mol. The highest BCUT2D eigenvalue weighted by molar-refractivity contribution is 7.80. The standard InChI is InChI=1S/C33H56O12S/c1-17(2)19(15-44-46(40,41)42)7-6-18(3)21-13-23(34)29-32(21,5)11-9-26-31(4)10-8-20(12-22(31)24(35)14-33(26,29)39)45-30-28(38)27(37)25(36)16-43-30/h6-7,17-30,34-39H,8-16H2,1-5H3,(H,40,41,42)/b7-6+/t18-,19+,20+,21-,22-,23+,24-,25-,26-,27+,28-,29-,30+,31+,32-,33+/m1/s1. The van der Waals surface area contributed by atoms with E-state index in [1.165, 1.54) is 0 Å². The van der Waals surface area contributed by atoms with Crippen LogP contribution < -0.4 is 0 Å². The largest absolute Gasteiger partial charge is 0.397 e. The van der Waals surface area contributed by atoms with Crippen LogP contribution in [0.5, 0.6) is 0 Å². The van der Waals surface area contributed by atoms with E-state index in [1.807, 2.05) is 26.0 Å². The van der Waals surface area contributed by atoms with E-state index >= 15 is 0 Å². The maximum absolute atomic E-state index is 12.7. The van der Waals surface area contributed by atoms with Gasteiger partial charge in [0.25, 0.3) is 0 Å². The molecule has 7 N–H and O–H groups in total. The van der Waals surface area contributed by atoms with Crippen molar-refractivity contribution < 1.29 is 57.3 Å². The van der Waals surface area contributed by atoms with Gasteiger partial charge in [-0.05, 0) is 78.9 Å². The van der Waals surface area contributed by atoms with E-state index in [1.54, 1.807) is 0 Å². The minimum Gasteiger partial charge on any atom is -0.393 e. The molecular weight excluding hydrogens is 620 g/mol. The van der Waals surface area contributed by atoms with Crippen molar-refractivity contribution in [3.63, 3.8) is 0 Å². The van der Waals surface area contributed by atoms with Gasteiger partial charge in [-0.15, -0.1) is 0 Å². The van der Waals surface area contributed by atoms with E-state index in [2.05, 4.69) is 25.0 Å². The molecular formula is C33H56O12S. The summed E-state index contributed by atoms with van der Waals surface area (Å²) >= 11 is 0. The van der Waals surface area contributed by atoms with Crippen molar-refractivity contribution in [3.8, 4) is 0 Å². The van der Waals surface area contributed by atoms with Gasteiger partial charge < -0.3 is 40.1 Å². The predicted octanol–water partition coefficient (Wildman–Crippen LogP) is 1.81. The molecule has 1 heterocycles. The molecule has 4 aliphatic carbocycles. The molecule has 13 heteroatoms. The second kappa shape index (κ2) is 13.2. The molecule has 0 spiro atoms. The van der Waals surface area contributed by atoms with Crippen LogP contribution in [-0.4, -0.2) is 105 Å². The Labute approximate surface area is 273 Å². The van der Waals surface area contributed by atoms with Gasteiger partial charge >= 0.3 is 10.4 Å². The summed E-state index contributed by atoms with van der Waals surface area (Å²) < 4.78 is 47.6. The summed E-state index contributed by atoms with van der Waals surface area (Å²) in [6.45, 7) is 9.97. The topological polar surface area (TPSA) is 203 Å². The fraction of sp³-hybridized carbons (Fsp3) is 0.939. The first-order chi connectivity index (χ1) is 21.3. The highest BCUT2D eigenvalue weighted by Gasteiger charge is 2.70. The first kappa shape index (κ1) is 36.6. The Morgan fingerprint density at radius 2 is 1.59 bits per heavy atom. The van der Waals surface area contributed by atoms with Crippen LogP contribution in [0.4, 0.5) is 0 Å². The number of aliphatic hydroxyl groups is 6. The third kappa shape index (κ3) is 6.60. The average Bonchev–Trinajstić information content (AvgIpc) is 3.24. The lowest BCUT2D eigenvalue weighted by atomic mass is 9.42. The molecule has 0 aromatic rings. The van der Waals surface area contributed by atoms with Gasteiger partial charge in [0.05, 0.1) is 37.1 Å². The van der Waals surface area contributed by atoms with Crippen LogP contribution >= 0.6 is 0 Å². The number of fused-ring (bicyclic) bond motifs is 5. The minimum atomic E-state index is -4.55. The lowest BCUT2D eigenvalue weighted by Crippen LogP contribution is -2.68. The summed E-state index contributed by atoms with van der Waals surface area (Å²) in [6.07, 6.45) is 1.05. The second-order valence-electron chi connectivity index (χ2n) is 16.0. The molecule has 0 radical (unpaired) electrons. The minimum absolute atomic E-state index is 0.0122. The monoisotopic (exact) mass is 676 g/mol. The van der Waals surface area contributed by atoms with Crippen LogP contribution in [0.25, 0.3) is 0 Å². The van der Waals surface area contributed by atoms with Crippen molar-refractivity contribution in [3.05, 3.63) is 12.2 Å². The van der Waals surface area contributed by atoms with Crippen LogP contribution in [0, 0.1) is 52.3 Å². The first-order valence-corrected chi connectivity index (χ1v) is 18.4. The number of hydrogen-bond donors (Lipinski definition) is 7. The molecule has 12 nitrogen and oxygen atoms in total. The van der Waals surface area contributed by atoms with Gasteiger partial charge in [-0.2, -0.15) is 8.42 Å². The quantitative estimate of drug-likeness (QED) is 0.106. The van der Waals surface area contributed by atoms with Crippen LogP contribution in [0.2, 0.25) is 0 Å². The second-order valence-corrected chi connectivity index (χ2v) is 17.1. The van der Waals surface area contributed by atoms with Crippen molar-refractivity contribution in [1.82, 2.24) is 0 Å². The Bertz CT molecular complexity index is 1210. The molecule has 0 bridgehead atoms. The zero-order valence-electron chi connectivity index (χ0n) is 27.7. The van der Waals surface area contributed by atoms with Gasteiger partial charge in [0.15, 0.2) is 6.29 Å². The van der Waals surface area contributed by atoms with Crippen molar-refractivity contribution >= 4 is 10.4 Å². The van der Waals surface area contributed by atoms with Gasteiger partial charge in [0.1, 0.15) is 18.3 Å². The van der Waals surface area contributed by atoms with Crippen LogP contribution in [0.3, 0.4) is 0 Å². The maximum Gasteiger partial charge on any atom is 0.397 e. The van der Waals surface area contributed by atoms with E-state index < -0.39 is 69.6 Å². The zero-order valence-corrected chi connectivity index (χ0v) is 28.5. The van der Waals surface area contributed by atoms with E-state index in [9.17, 15) is 39.1 Å². The molecule has 46 heavy (non-hydrogen) atoms. The summed E-state index contributed by atoms with van der Waals surface area (Å²) in [5.41, 5.74) is -2.07. The van der Waals surface area contributed by atoms with Crippen molar-refractivity contribution in [2.75, 3.05) is 13.2 Å². The Kier molecular flexibility index (Phi) is 10.5. The summed E-state index contributed by atoms with van der Waals surface area (Å²) in [7, 11) is -4.55. The summed E-state index contributed by atoms with van der Waals surface area (Å²) in [5.74, 6) is -0.854. The van der Waals surface area contributed by atoms with Gasteiger partial charge in [0, 0.05) is 18.3 Å². The van der Waals surface area contributed by atoms with Crippen LogP contribution in [0.15, 0.2) is 12.2 Å². The Morgan fingerprint density at radius 1 is 0.913 bits per heavy atom. The lowest BCUT2D eigenvalue weighted by molar-refractivity contribution is -0.300. The molecule has 0 aromatic carbocycles. The smallest absolute Gasteiger partial charge is 0.393 e. The first-order valence-electron chi connectivity index (χ1n) is 17.0. The van der Waals surface area contributed by atoms with Crippen molar-refractivity contribution in [1.29, 1.82) is 0 Å². The third-order valence-electron chi connectivity index (χ3n) is 13.1. The highest BCUT2D eigenvalue weighted by atomic mass is 32.3.